The smallest absolute Gasteiger partial charge is 0.307 e. The van der Waals surface area contributed by atoms with Gasteiger partial charge in [-0.25, -0.2) is 0 Å². The van der Waals surface area contributed by atoms with Gasteiger partial charge in [-0.15, -0.1) is 0 Å². The van der Waals surface area contributed by atoms with E-state index in [0.29, 0.717) is 5.88 Å². The van der Waals surface area contributed by atoms with E-state index >= 15 is 0 Å². The molecule has 2 rings (SSSR count). The van der Waals surface area contributed by atoms with Crippen LogP contribution in [-0.4, -0.2) is 22.6 Å². The van der Waals surface area contributed by atoms with Crippen molar-refractivity contribution in [2.24, 2.45) is 5.92 Å². The van der Waals surface area contributed by atoms with Crippen molar-refractivity contribution in [3.8, 4) is 5.88 Å². The van der Waals surface area contributed by atoms with Crippen LogP contribution in [0, 0.1) is 5.92 Å². The SMILES string of the molecule is COc1cc(C2CCCC2C(=O)O)sn1. The van der Waals surface area contributed by atoms with Crippen LogP contribution in [0.15, 0.2) is 6.07 Å². The fourth-order valence-corrected chi connectivity index (χ4v) is 3.03. The number of nitrogens with zero attached hydrogens (tertiary/aromatic N) is 1. The van der Waals surface area contributed by atoms with Crippen LogP contribution in [0.4, 0.5) is 0 Å². The maximum Gasteiger partial charge on any atom is 0.307 e. The molecule has 0 amide bonds. The molecule has 82 valence electrons. The molecule has 2 unspecified atom stereocenters. The Bertz CT molecular complexity index is 363. The van der Waals surface area contributed by atoms with Gasteiger partial charge in [0, 0.05) is 16.9 Å². The number of hydrogen-bond donors (Lipinski definition) is 1. The molecule has 1 heterocycles. The number of hydrogen-bond acceptors (Lipinski definition) is 4. The van der Waals surface area contributed by atoms with Crippen LogP contribution in [0.5, 0.6) is 5.88 Å². The molecule has 1 saturated carbocycles. The maximum atomic E-state index is 11.0. The quantitative estimate of drug-likeness (QED) is 0.859. The van der Waals surface area contributed by atoms with E-state index in [1.807, 2.05) is 6.07 Å². The molecule has 1 aromatic heterocycles. The molecule has 2 atom stereocenters. The average Bonchev–Trinajstić information content (AvgIpc) is 2.85. The summed E-state index contributed by atoms with van der Waals surface area (Å²) < 4.78 is 9.10. The first kappa shape index (κ1) is 10.4. The van der Waals surface area contributed by atoms with E-state index < -0.39 is 5.97 Å². The number of carboxylic acids is 1. The summed E-state index contributed by atoms with van der Waals surface area (Å²) in [5.41, 5.74) is 0. The molecule has 0 aliphatic heterocycles. The standard InChI is InChI=1S/C10H13NO3S/c1-14-9-5-8(15-11-9)6-3-2-4-7(6)10(12)13/h5-7H,2-4H2,1H3,(H,12,13). The van der Waals surface area contributed by atoms with E-state index in [2.05, 4.69) is 4.37 Å². The second-order valence-electron chi connectivity index (χ2n) is 3.75. The van der Waals surface area contributed by atoms with Gasteiger partial charge >= 0.3 is 5.97 Å². The number of rotatable bonds is 3. The molecule has 0 radical (unpaired) electrons. The van der Waals surface area contributed by atoms with Crippen molar-refractivity contribution < 1.29 is 14.6 Å². The molecule has 0 spiro atoms. The summed E-state index contributed by atoms with van der Waals surface area (Å²) in [5.74, 6) is -0.213. The van der Waals surface area contributed by atoms with E-state index in [9.17, 15) is 4.79 Å². The normalized spacial score (nSPS) is 25.4. The number of aliphatic carboxylic acids is 1. The van der Waals surface area contributed by atoms with Crippen LogP contribution in [0.3, 0.4) is 0 Å². The van der Waals surface area contributed by atoms with Gasteiger partial charge in [-0.1, -0.05) is 6.42 Å². The predicted octanol–water partition coefficient (Wildman–Crippen LogP) is 2.12. The van der Waals surface area contributed by atoms with Gasteiger partial charge in [-0.3, -0.25) is 4.79 Å². The summed E-state index contributed by atoms with van der Waals surface area (Å²) in [6.45, 7) is 0. The maximum absolute atomic E-state index is 11.0. The first-order valence-electron chi connectivity index (χ1n) is 4.95. The fraction of sp³-hybridized carbons (Fsp3) is 0.600. The lowest BCUT2D eigenvalue weighted by Crippen LogP contribution is -2.15. The summed E-state index contributed by atoms with van der Waals surface area (Å²) in [4.78, 5) is 12.1. The molecule has 1 aliphatic rings. The van der Waals surface area contributed by atoms with Crippen molar-refractivity contribution >= 4 is 17.5 Å². The van der Waals surface area contributed by atoms with Gasteiger partial charge in [0.2, 0.25) is 5.88 Å². The zero-order valence-electron chi connectivity index (χ0n) is 8.47. The van der Waals surface area contributed by atoms with E-state index in [0.717, 1.165) is 24.1 Å². The van der Waals surface area contributed by atoms with Crippen LogP contribution in [0.1, 0.15) is 30.1 Å². The summed E-state index contributed by atoms with van der Waals surface area (Å²) in [6, 6.07) is 1.86. The fourth-order valence-electron chi connectivity index (χ4n) is 2.14. The monoisotopic (exact) mass is 227 g/mol. The minimum atomic E-state index is -0.690. The Morgan fingerprint density at radius 1 is 1.67 bits per heavy atom. The lowest BCUT2D eigenvalue weighted by Gasteiger charge is -2.12. The third-order valence-corrected chi connectivity index (χ3v) is 3.82. The van der Waals surface area contributed by atoms with Gasteiger partial charge in [-0.2, -0.15) is 4.37 Å². The number of carbonyl (C=O) groups is 1. The number of aromatic nitrogens is 1. The van der Waals surface area contributed by atoms with Crippen LogP contribution < -0.4 is 4.74 Å². The zero-order valence-corrected chi connectivity index (χ0v) is 9.29. The molecule has 0 aromatic carbocycles. The summed E-state index contributed by atoms with van der Waals surface area (Å²) in [5, 5.41) is 9.06. The Hall–Kier alpha value is -1.10. The minimum Gasteiger partial charge on any atom is -0.481 e. The lowest BCUT2D eigenvalue weighted by atomic mass is 9.95. The molecular weight excluding hydrogens is 214 g/mol. The van der Waals surface area contributed by atoms with Gasteiger partial charge in [0.15, 0.2) is 0 Å². The molecule has 1 aliphatic carbocycles. The number of methoxy groups -OCH3 is 1. The van der Waals surface area contributed by atoms with Crippen molar-refractivity contribution in [3.63, 3.8) is 0 Å². The largest absolute Gasteiger partial charge is 0.481 e. The highest BCUT2D eigenvalue weighted by Crippen LogP contribution is 2.42. The van der Waals surface area contributed by atoms with Gasteiger partial charge in [-0.05, 0) is 24.4 Å². The molecular formula is C10H13NO3S. The Morgan fingerprint density at radius 2 is 2.47 bits per heavy atom. The highest BCUT2D eigenvalue weighted by Gasteiger charge is 2.35. The lowest BCUT2D eigenvalue weighted by molar-refractivity contribution is -0.141. The number of ether oxygens (including phenoxy) is 1. The van der Waals surface area contributed by atoms with Crippen LogP contribution in [-0.2, 0) is 4.79 Å². The Balaban J connectivity index is 2.18. The van der Waals surface area contributed by atoms with Gasteiger partial charge < -0.3 is 9.84 Å². The highest BCUT2D eigenvalue weighted by molar-refractivity contribution is 7.06. The second kappa shape index (κ2) is 4.18. The summed E-state index contributed by atoms with van der Waals surface area (Å²) >= 11 is 1.35. The number of carboxylic acid groups (broad SMARTS) is 1. The first-order chi connectivity index (χ1) is 7.22. The third kappa shape index (κ3) is 1.97. The van der Waals surface area contributed by atoms with Crippen LogP contribution in [0.2, 0.25) is 0 Å². The second-order valence-corrected chi connectivity index (χ2v) is 4.59. The van der Waals surface area contributed by atoms with Crippen LogP contribution in [0.25, 0.3) is 0 Å². The van der Waals surface area contributed by atoms with Gasteiger partial charge in [0.05, 0.1) is 13.0 Å². The van der Waals surface area contributed by atoms with E-state index in [1.165, 1.54) is 11.5 Å². The molecule has 1 N–H and O–H groups in total. The van der Waals surface area contributed by atoms with E-state index in [1.54, 1.807) is 7.11 Å². The summed E-state index contributed by atoms with van der Waals surface area (Å²) in [7, 11) is 1.57. The van der Waals surface area contributed by atoms with Crippen molar-refractivity contribution in [1.82, 2.24) is 4.37 Å². The van der Waals surface area contributed by atoms with Crippen molar-refractivity contribution in [3.05, 3.63) is 10.9 Å². The van der Waals surface area contributed by atoms with Crippen LogP contribution >= 0.6 is 11.5 Å². The molecule has 1 fully saturated rings. The highest BCUT2D eigenvalue weighted by atomic mass is 32.1. The molecule has 4 nitrogen and oxygen atoms in total. The Morgan fingerprint density at radius 3 is 3.07 bits per heavy atom. The van der Waals surface area contributed by atoms with E-state index in [-0.39, 0.29) is 11.8 Å². The third-order valence-electron chi connectivity index (χ3n) is 2.91. The topological polar surface area (TPSA) is 59.4 Å². The van der Waals surface area contributed by atoms with Gasteiger partial charge in [0.25, 0.3) is 0 Å². The predicted molar refractivity (Wildman–Crippen MR) is 56.4 cm³/mol. The van der Waals surface area contributed by atoms with Crippen molar-refractivity contribution in [1.29, 1.82) is 0 Å². The average molecular weight is 227 g/mol. The Kier molecular flexibility index (Phi) is 2.90. The molecule has 1 aromatic rings. The van der Waals surface area contributed by atoms with Crippen molar-refractivity contribution in [2.45, 2.75) is 25.2 Å². The first-order valence-corrected chi connectivity index (χ1v) is 5.73. The summed E-state index contributed by atoms with van der Waals surface area (Å²) in [6.07, 6.45) is 2.71. The molecule has 5 heteroatoms. The molecule has 0 saturated heterocycles. The molecule has 15 heavy (non-hydrogen) atoms. The zero-order chi connectivity index (χ0) is 10.8. The van der Waals surface area contributed by atoms with E-state index in [4.69, 9.17) is 9.84 Å². The Labute approximate surface area is 92.1 Å². The van der Waals surface area contributed by atoms with Crippen molar-refractivity contribution in [2.75, 3.05) is 7.11 Å². The minimum absolute atomic E-state index is 0.129. The van der Waals surface area contributed by atoms with Gasteiger partial charge in [0.1, 0.15) is 0 Å². The molecule has 0 bridgehead atoms.